The first-order valence-corrected chi connectivity index (χ1v) is 8.69. The van der Waals surface area contributed by atoms with Gasteiger partial charge in [-0.1, -0.05) is 20.3 Å². The molecule has 0 rings (SSSR count). The summed E-state index contributed by atoms with van der Waals surface area (Å²) in [6, 6.07) is 0. The van der Waals surface area contributed by atoms with Gasteiger partial charge in [-0.05, 0) is 45.0 Å². The molecule has 13 heavy (non-hydrogen) atoms. The Balaban J connectivity index is 4.38. The van der Waals surface area contributed by atoms with E-state index in [2.05, 4.69) is 40.4 Å². The molecule has 0 aromatic carbocycles. The lowest BCUT2D eigenvalue weighted by molar-refractivity contribution is 0.412. The summed E-state index contributed by atoms with van der Waals surface area (Å²) in [7, 11) is -1.39. The molecule has 0 radical (unpaired) electrons. The highest BCUT2D eigenvalue weighted by atomic mass is 28.4. The topological polar surface area (TPSA) is 9.23 Å². The average Bonchev–Trinajstić information content (AvgIpc) is 1.96. The second-order valence-corrected chi connectivity index (χ2v) is 8.91. The highest BCUT2D eigenvalue weighted by Crippen LogP contribution is 2.19. The van der Waals surface area contributed by atoms with Gasteiger partial charge in [-0.15, -0.1) is 0 Å². The standard InChI is InChI=1S/C11H24OSi/c1-7-9-11(8-2)10(3)12-13(4,5)6/h7-9H2,1-6H3. The van der Waals surface area contributed by atoms with Crippen LogP contribution < -0.4 is 0 Å². The van der Waals surface area contributed by atoms with E-state index in [1.165, 1.54) is 24.2 Å². The molecule has 0 bridgehead atoms. The first-order valence-electron chi connectivity index (χ1n) is 5.28. The van der Waals surface area contributed by atoms with Gasteiger partial charge in [-0.3, -0.25) is 0 Å². The van der Waals surface area contributed by atoms with Crippen molar-refractivity contribution in [1.29, 1.82) is 0 Å². The van der Waals surface area contributed by atoms with Crippen LogP contribution in [0.4, 0.5) is 0 Å². The maximum Gasteiger partial charge on any atom is 0.241 e. The van der Waals surface area contributed by atoms with E-state index in [0.717, 1.165) is 6.42 Å². The normalized spacial score (nSPS) is 14.0. The summed E-state index contributed by atoms with van der Waals surface area (Å²) in [6.07, 6.45) is 3.53. The molecule has 0 aliphatic carbocycles. The van der Waals surface area contributed by atoms with E-state index < -0.39 is 8.32 Å². The van der Waals surface area contributed by atoms with E-state index in [-0.39, 0.29) is 0 Å². The lowest BCUT2D eigenvalue weighted by atomic mass is 10.1. The van der Waals surface area contributed by atoms with Crippen LogP contribution in [0.15, 0.2) is 11.3 Å². The van der Waals surface area contributed by atoms with Crippen LogP contribution in [0.3, 0.4) is 0 Å². The lowest BCUT2D eigenvalue weighted by Crippen LogP contribution is -2.24. The van der Waals surface area contributed by atoms with Gasteiger partial charge in [0.15, 0.2) is 0 Å². The minimum absolute atomic E-state index is 1.13. The van der Waals surface area contributed by atoms with Gasteiger partial charge in [0.05, 0.1) is 5.76 Å². The Kier molecular flexibility index (Phi) is 5.38. The minimum Gasteiger partial charge on any atom is -0.548 e. The van der Waals surface area contributed by atoms with Gasteiger partial charge in [0.25, 0.3) is 0 Å². The van der Waals surface area contributed by atoms with Crippen LogP contribution in [0.2, 0.25) is 19.6 Å². The molecule has 0 saturated carbocycles. The van der Waals surface area contributed by atoms with Crippen molar-refractivity contribution in [1.82, 2.24) is 0 Å². The second-order valence-electron chi connectivity index (χ2n) is 4.48. The smallest absolute Gasteiger partial charge is 0.241 e. The molecule has 1 nitrogen and oxygen atoms in total. The van der Waals surface area contributed by atoms with Gasteiger partial charge < -0.3 is 4.43 Å². The Morgan fingerprint density at radius 1 is 1.15 bits per heavy atom. The first-order chi connectivity index (χ1) is 5.90. The molecule has 0 fully saturated rings. The van der Waals surface area contributed by atoms with Crippen LogP contribution in [0.5, 0.6) is 0 Å². The third-order valence-electron chi connectivity index (χ3n) is 1.94. The summed E-state index contributed by atoms with van der Waals surface area (Å²) in [5.41, 5.74) is 1.49. The molecule has 0 atom stereocenters. The van der Waals surface area contributed by atoms with E-state index in [0.29, 0.717) is 0 Å². The van der Waals surface area contributed by atoms with Gasteiger partial charge >= 0.3 is 0 Å². The zero-order valence-corrected chi connectivity index (χ0v) is 11.0. The van der Waals surface area contributed by atoms with Crippen LogP contribution >= 0.6 is 0 Å². The number of allylic oxidation sites excluding steroid dienone is 2. The molecule has 0 spiro atoms. The molecule has 0 amide bonds. The predicted octanol–water partition coefficient (Wildman–Crippen LogP) is 4.32. The molecule has 0 aromatic heterocycles. The van der Waals surface area contributed by atoms with Crippen molar-refractivity contribution in [2.24, 2.45) is 0 Å². The van der Waals surface area contributed by atoms with Gasteiger partial charge in [0.2, 0.25) is 8.32 Å². The highest BCUT2D eigenvalue weighted by molar-refractivity contribution is 6.70. The third-order valence-corrected chi connectivity index (χ3v) is 2.85. The average molecular weight is 200 g/mol. The van der Waals surface area contributed by atoms with E-state index >= 15 is 0 Å². The quantitative estimate of drug-likeness (QED) is 0.474. The largest absolute Gasteiger partial charge is 0.548 e. The Labute approximate surface area is 84.3 Å². The third kappa shape index (κ3) is 5.91. The fourth-order valence-electron chi connectivity index (χ4n) is 1.43. The Hall–Kier alpha value is -0.243. The molecule has 0 saturated heterocycles. The van der Waals surface area contributed by atoms with Crippen molar-refractivity contribution in [3.63, 3.8) is 0 Å². The van der Waals surface area contributed by atoms with Crippen molar-refractivity contribution in [2.45, 2.75) is 59.7 Å². The molecule has 0 heterocycles. The number of rotatable bonds is 5. The van der Waals surface area contributed by atoms with Crippen LogP contribution in [-0.2, 0) is 4.43 Å². The molecular weight excluding hydrogens is 176 g/mol. The van der Waals surface area contributed by atoms with E-state index in [9.17, 15) is 0 Å². The molecule has 0 N–H and O–H groups in total. The Morgan fingerprint density at radius 3 is 2.00 bits per heavy atom. The zero-order chi connectivity index (χ0) is 10.5. The minimum atomic E-state index is -1.39. The summed E-state index contributed by atoms with van der Waals surface area (Å²) in [5.74, 6) is 1.18. The van der Waals surface area contributed by atoms with Crippen molar-refractivity contribution in [3.8, 4) is 0 Å². The summed E-state index contributed by atoms with van der Waals surface area (Å²) in [4.78, 5) is 0. The number of hydrogen-bond donors (Lipinski definition) is 0. The SMILES string of the molecule is CCCC(CC)=C(C)O[Si](C)(C)C. The predicted molar refractivity (Wildman–Crippen MR) is 62.3 cm³/mol. The van der Waals surface area contributed by atoms with Gasteiger partial charge in [0.1, 0.15) is 0 Å². The summed E-state index contributed by atoms with van der Waals surface area (Å²) in [5, 5.41) is 0. The highest BCUT2D eigenvalue weighted by Gasteiger charge is 2.16. The van der Waals surface area contributed by atoms with Gasteiger partial charge in [0, 0.05) is 0 Å². The van der Waals surface area contributed by atoms with E-state index in [1.807, 2.05) is 0 Å². The first kappa shape index (κ1) is 12.8. The molecule has 0 aromatic rings. The van der Waals surface area contributed by atoms with Crippen LogP contribution in [0.1, 0.15) is 40.0 Å². The van der Waals surface area contributed by atoms with Gasteiger partial charge in [-0.2, -0.15) is 0 Å². The number of hydrogen-bond acceptors (Lipinski definition) is 1. The van der Waals surface area contributed by atoms with Crippen LogP contribution in [0, 0.1) is 0 Å². The van der Waals surface area contributed by atoms with Gasteiger partial charge in [-0.25, -0.2) is 0 Å². The van der Waals surface area contributed by atoms with Crippen LogP contribution in [-0.4, -0.2) is 8.32 Å². The zero-order valence-electron chi connectivity index (χ0n) is 10.0. The molecular formula is C11H24OSi. The molecule has 0 aliphatic rings. The monoisotopic (exact) mass is 200 g/mol. The Bertz CT molecular complexity index is 177. The summed E-state index contributed by atoms with van der Waals surface area (Å²) >= 11 is 0. The van der Waals surface area contributed by atoms with E-state index in [1.54, 1.807) is 0 Å². The fourth-order valence-corrected chi connectivity index (χ4v) is 2.50. The van der Waals surface area contributed by atoms with Crippen molar-refractivity contribution < 1.29 is 4.43 Å². The van der Waals surface area contributed by atoms with E-state index in [4.69, 9.17) is 4.43 Å². The van der Waals surface area contributed by atoms with Crippen molar-refractivity contribution in [3.05, 3.63) is 11.3 Å². The summed E-state index contributed by atoms with van der Waals surface area (Å²) < 4.78 is 5.96. The van der Waals surface area contributed by atoms with Crippen molar-refractivity contribution >= 4 is 8.32 Å². The molecule has 2 heteroatoms. The maximum atomic E-state index is 5.96. The second kappa shape index (κ2) is 5.48. The summed E-state index contributed by atoms with van der Waals surface area (Å²) in [6.45, 7) is 13.2. The fraction of sp³-hybridized carbons (Fsp3) is 0.818. The molecule has 78 valence electrons. The maximum absolute atomic E-state index is 5.96. The van der Waals surface area contributed by atoms with Crippen LogP contribution in [0.25, 0.3) is 0 Å². The molecule has 0 aliphatic heterocycles. The van der Waals surface area contributed by atoms with Crippen molar-refractivity contribution in [2.75, 3.05) is 0 Å². The Morgan fingerprint density at radius 2 is 1.69 bits per heavy atom. The molecule has 0 unspecified atom stereocenters. The lowest BCUT2D eigenvalue weighted by Gasteiger charge is -2.22.